The van der Waals surface area contributed by atoms with E-state index in [4.69, 9.17) is 0 Å². The minimum absolute atomic E-state index is 0.00829. The number of aryl methyl sites for hydroxylation is 1. The Labute approximate surface area is 104 Å². The van der Waals surface area contributed by atoms with Crippen molar-refractivity contribution in [2.24, 2.45) is 0 Å². The van der Waals surface area contributed by atoms with Crippen molar-refractivity contribution in [2.45, 2.75) is 24.1 Å². The van der Waals surface area contributed by atoms with Gasteiger partial charge in [-0.3, -0.25) is 4.98 Å². The number of sulfone groups is 1. The van der Waals surface area contributed by atoms with E-state index in [1.807, 2.05) is 6.92 Å². The molecule has 0 aliphatic heterocycles. The maximum atomic E-state index is 12.0. The van der Waals surface area contributed by atoms with Gasteiger partial charge in [-0.2, -0.15) is 0 Å². The van der Waals surface area contributed by atoms with E-state index in [2.05, 4.69) is 15.0 Å². The molecule has 0 spiro atoms. The first-order valence-electron chi connectivity index (χ1n) is 5.04. The van der Waals surface area contributed by atoms with E-state index in [1.165, 1.54) is 29.9 Å². The second kappa shape index (κ2) is 4.89. The van der Waals surface area contributed by atoms with Crippen LogP contribution in [0.1, 0.15) is 17.6 Å². The maximum absolute atomic E-state index is 12.0. The Balaban J connectivity index is 2.24. The van der Waals surface area contributed by atoms with Crippen LogP contribution in [0.25, 0.3) is 0 Å². The highest BCUT2D eigenvalue weighted by Crippen LogP contribution is 2.16. The predicted octanol–water partition coefficient (Wildman–Crippen LogP) is 1.47. The van der Waals surface area contributed by atoms with Gasteiger partial charge in [0.25, 0.3) is 0 Å². The van der Waals surface area contributed by atoms with Gasteiger partial charge in [0.15, 0.2) is 5.03 Å². The molecule has 0 atom stereocenters. The lowest BCUT2D eigenvalue weighted by atomic mass is 10.5. The van der Waals surface area contributed by atoms with Gasteiger partial charge in [0.1, 0.15) is 0 Å². The first-order chi connectivity index (χ1) is 8.12. The molecule has 0 amide bonds. The summed E-state index contributed by atoms with van der Waals surface area (Å²) in [7, 11) is -3.44. The molecule has 0 bridgehead atoms. The van der Waals surface area contributed by atoms with Crippen molar-refractivity contribution < 1.29 is 8.42 Å². The van der Waals surface area contributed by atoms with Crippen LogP contribution in [-0.4, -0.2) is 23.4 Å². The molecule has 0 radical (unpaired) electrons. The van der Waals surface area contributed by atoms with Crippen LogP contribution in [0.15, 0.2) is 29.0 Å². The standard InChI is InChI=1S/C10H11N3O2S2/c1-2-9-13-8(6-16-9)7-17(14,15)10-5-11-3-4-12-10/h3-6H,2,7H2,1H3. The third-order valence-electron chi connectivity index (χ3n) is 2.10. The predicted molar refractivity (Wildman–Crippen MR) is 64.4 cm³/mol. The average Bonchev–Trinajstić information content (AvgIpc) is 2.77. The molecular formula is C10H11N3O2S2. The van der Waals surface area contributed by atoms with Gasteiger partial charge in [0.05, 0.1) is 22.7 Å². The molecule has 2 aromatic heterocycles. The zero-order valence-corrected chi connectivity index (χ0v) is 10.8. The van der Waals surface area contributed by atoms with Gasteiger partial charge in [-0.15, -0.1) is 11.3 Å². The Bertz CT molecular complexity index is 593. The van der Waals surface area contributed by atoms with E-state index in [1.54, 1.807) is 5.38 Å². The summed E-state index contributed by atoms with van der Waals surface area (Å²) in [6.45, 7) is 1.99. The Morgan fingerprint density at radius 2 is 2.18 bits per heavy atom. The van der Waals surface area contributed by atoms with Crippen LogP contribution in [0, 0.1) is 0 Å². The first kappa shape index (κ1) is 12.1. The summed E-state index contributed by atoms with van der Waals surface area (Å²) in [6, 6.07) is 0. The second-order valence-electron chi connectivity index (χ2n) is 3.39. The molecule has 0 N–H and O–H groups in total. The van der Waals surface area contributed by atoms with Crippen LogP contribution in [0.2, 0.25) is 0 Å². The van der Waals surface area contributed by atoms with E-state index in [-0.39, 0.29) is 10.8 Å². The van der Waals surface area contributed by atoms with Crippen molar-refractivity contribution in [3.05, 3.63) is 34.7 Å². The third-order valence-corrected chi connectivity index (χ3v) is 4.66. The molecule has 0 aliphatic carbocycles. The quantitative estimate of drug-likeness (QED) is 0.840. The SMILES string of the molecule is CCc1nc(CS(=O)(=O)c2cnccn2)cs1. The monoisotopic (exact) mass is 269 g/mol. The molecule has 0 aromatic carbocycles. The molecule has 90 valence electrons. The number of rotatable bonds is 4. The van der Waals surface area contributed by atoms with Crippen LogP contribution in [0.3, 0.4) is 0 Å². The number of hydrogen-bond donors (Lipinski definition) is 0. The summed E-state index contributed by atoms with van der Waals surface area (Å²) in [5, 5.41) is 2.70. The van der Waals surface area contributed by atoms with Crippen LogP contribution in [-0.2, 0) is 22.0 Å². The largest absolute Gasteiger partial charge is 0.260 e. The van der Waals surface area contributed by atoms with Crippen molar-refractivity contribution >= 4 is 21.2 Å². The Morgan fingerprint density at radius 1 is 1.35 bits per heavy atom. The van der Waals surface area contributed by atoms with Gasteiger partial charge < -0.3 is 0 Å². The molecule has 2 rings (SSSR count). The fourth-order valence-corrected chi connectivity index (χ4v) is 3.27. The van der Waals surface area contributed by atoms with Crippen molar-refractivity contribution in [3.63, 3.8) is 0 Å². The fraction of sp³-hybridized carbons (Fsp3) is 0.300. The van der Waals surface area contributed by atoms with Gasteiger partial charge >= 0.3 is 0 Å². The molecule has 7 heteroatoms. The molecule has 0 fully saturated rings. The van der Waals surface area contributed by atoms with Gasteiger partial charge in [0.2, 0.25) is 9.84 Å². The van der Waals surface area contributed by atoms with Crippen LogP contribution < -0.4 is 0 Å². The normalized spacial score (nSPS) is 11.6. The molecule has 0 aliphatic rings. The van der Waals surface area contributed by atoms with E-state index in [0.29, 0.717) is 5.69 Å². The van der Waals surface area contributed by atoms with Crippen molar-refractivity contribution in [1.82, 2.24) is 15.0 Å². The Morgan fingerprint density at radius 3 is 2.76 bits per heavy atom. The highest BCUT2D eigenvalue weighted by Gasteiger charge is 2.18. The van der Waals surface area contributed by atoms with Gasteiger partial charge in [-0.1, -0.05) is 6.92 Å². The molecule has 5 nitrogen and oxygen atoms in total. The third kappa shape index (κ3) is 2.86. The molecule has 0 unspecified atom stereocenters. The zero-order chi connectivity index (χ0) is 12.3. The molecule has 0 saturated heterocycles. The number of aromatic nitrogens is 3. The van der Waals surface area contributed by atoms with Crippen molar-refractivity contribution in [1.29, 1.82) is 0 Å². The highest BCUT2D eigenvalue weighted by atomic mass is 32.2. The fourth-order valence-electron chi connectivity index (χ4n) is 1.29. The van der Waals surface area contributed by atoms with Crippen LogP contribution in [0.4, 0.5) is 0 Å². The molecule has 2 heterocycles. The molecule has 0 saturated carbocycles. The second-order valence-corrected chi connectivity index (χ2v) is 6.27. The van der Waals surface area contributed by atoms with Crippen molar-refractivity contribution in [2.75, 3.05) is 0 Å². The summed E-state index contributed by atoms with van der Waals surface area (Å²) in [4.78, 5) is 11.8. The number of hydrogen-bond acceptors (Lipinski definition) is 6. The lowest BCUT2D eigenvalue weighted by Crippen LogP contribution is -2.07. The topological polar surface area (TPSA) is 72.8 Å². The van der Waals surface area contributed by atoms with Crippen molar-refractivity contribution in [3.8, 4) is 0 Å². The molecule has 2 aromatic rings. The van der Waals surface area contributed by atoms with Gasteiger partial charge in [0, 0.05) is 17.8 Å². The summed E-state index contributed by atoms with van der Waals surface area (Å²) >= 11 is 1.47. The molecular weight excluding hydrogens is 258 g/mol. The van der Waals surface area contributed by atoms with Gasteiger partial charge in [-0.05, 0) is 6.42 Å². The summed E-state index contributed by atoms with van der Waals surface area (Å²) in [6.07, 6.45) is 4.88. The van der Waals surface area contributed by atoms with Crippen LogP contribution in [0.5, 0.6) is 0 Å². The van der Waals surface area contributed by atoms with Gasteiger partial charge in [-0.25, -0.2) is 18.4 Å². The van der Waals surface area contributed by atoms with E-state index in [0.717, 1.165) is 11.4 Å². The lowest BCUT2D eigenvalue weighted by Gasteiger charge is -1.99. The summed E-state index contributed by atoms with van der Waals surface area (Å²) < 4.78 is 23.9. The van der Waals surface area contributed by atoms with Crippen LogP contribution >= 0.6 is 11.3 Å². The minimum atomic E-state index is -3.44. The summed E-state index contributed by atoms with van der Waals surface area (Å²) in [5.41, 5.74) is 0.567. The summed E-state index contributed by atoms with van der Waals surface area (Å²) in [5.74, 6) is -0.123. The Hall–Kier alpha value is -1.34. The first-order valence-corrected chi connectivity index (χ1v) is 7.57. The van der Waals surface area contributed by atoms with E-state index < -0.39 is 9.84 Å². The Kier molecular flexibility index (Phi) is 3.49. The average molecular weight is 269 g/mol. The zero-order valence-electron chi connectivity index (χ0n) is 9.20. The van der Waals surface area contributed by atoms with E-state index in [9.17, 15) is 8.42 Å². The lowest BCUT2D eigenvalue weighted by molar-refractivity contribution is 0.590. The molecule has 17 heavy (non-hydrogen) atoms. The number of thiazole rings is 1. The van der Waals surface area contributed by atoms with E-state index >= 15 is 0 Å². The minimum Gasteiger partial charge on any atom is -0.260 e. The maximum Gasteiger partial charge on any atom is 0.202 e. The number of nitrogens with zero attached hydrogens (tertiary/aromatic N) is 3. The highest BCUT2D eigenvalue weighted by molar-refractivity contribution is 7.90. The smallest absolute Gasteiger partial charge is 0.202 e.